The van der Waals surface area contributed by atoms with E-state index in [1.807, 2.05) is 30.3 Å². The molecule has 0 heterocycles. The molecular formula is C18H19NO5S2. The van der Waals surface area contributed by atoms with Crippen LogP contribution in [-0.4, -0.2) is 45.8 Å². The van der Waals surface area contributed by atoms with Crippen LogP contribution in [0.5, 0.6) is 0 Å². The first-order valence-corrected chi connectivity index (χ1v) is 10.5. The van der Waals surface area contributed by atoms with Crippen LogP contribution < -0.4 is 4.31 Å². The lowest BCUT2D eigenvalue weighted by Crippen LogP contribution is -2.24. The highest BCUT2D eigenvalue weighted by atomic mass is 32.2. The highest BCUT2D eigenvalue weighted by Crippen LogP contribution is 2.18. The maximum absolute atomic E-state index is 12.1. The average molecular weight is 393 g/mol. The fraction of sp³-hybridized carbons (Fsp3) is 0.222. The van der Waals surface area contributed by atoms with Crippen molar-refractivity contribution in [2.75, 3.05) is 30.0 Å². The number of hydrogen-bond donors (Lipinski definition) is 0. The summed E-state index contributed by atoms with van der Waals surface area (Å²) < 4.78 is 29.1. The van der Waals surface area contributed by atoms with E-state index in [1.54, 1.807) is 0 Å². The second-order valence-electron chi connectivity index (χ2n) is 5.46. The molecule has 0 bridgehead atoms. The molecule has 8 heteroatoms. The summed E-state index contributed by atoms with van der Waals surface area (Å²) in [4.78, 5) is 24.8. The number of anilines is 1. The van der Waals surface area contributed by atoms with E-state index in [1.165, 1.54) is 43.1 Å². The number of carbonyl (C=O) groups excluding carboxylic acids is 2. The van der Waals surface area contributed by atoms with Crippen LogP contribution in [0, 0.1) is 0 Å². The summed E-state index contributed by atoms with van der Waals surface area (Å²) in [5, 5.41) is 0. The van der Waals surface area contributed by atoms with Gasteiger partial charge in [-0.3, -0.25) is 13.9 Å². The predicted octanol–water partition coefficient (Wildman–Crippen LogP) is 2.60. The molecule has 2 aromatic carbocycles. The summed E-state index contributed by atoms with van der Waals surface area (Å²) in [5.74, 6) is -0.702. The molecule has 0 fully saturated rings. The Bertz CT molecular complexity index is 864. The van der Waals surface area contributed by atoms with E-state index in [4.69, 9.17) is 4.74 Å². The van der Waals surface area contributed by atoms with Gasteiger partial charge in [-0.2, -0.15) is 0 Å². The van der Waals surface area contributed by atoms with E-state index < -0.39 is 16.0 Å². The van der Waals surface area contributed by atoms with Crippen molar-refractivity contribution in [1.82, 2.24) is 0 Å². The molecule has 0 atom stereocenters. The number of ketones is 1. The maximum atomic E-state index is 12.1. The Morgan fingerprint density at radius 3 is 2.23 bits per heavy atom. The highest BCUT2D eigenvalue weighted by molar-refractivity contribution is 8.00. The Labute approximate surface area is 157 Å². The molecule has 0 unspecified atom stereocenters. The zero-order valence-electron chi connectivity index (χ0n) is 14.4. The van der Waals surface area contributed by atoms with Gasteiger partial charge in [0.1, 0.15) is 0 Å². The van der Waals surface area contributed by atoms with E-state index in [0.29, 0.717) is 11.3 Å². The smallest absolute Gasteiger partial charge is 0.316 e. The number of Topliss-reactive ketones (excluding diaryl/α,β-unsaturated/α-hetero) is 1. The molecular weight excluding hydrogens is 374 g/mol. The van der Waals surface area contributed by atoms with Crippen molar-refractivity contribution in [2.45, 2.75) is 4.90 Å². The number of rotatable bonds is 8. The number of nitrogens with zero attached hydrogens (tertiary/aromatic N) is 1. The molecule has 2 rings (SSSR count). The second-order valence-corrected chi connectivity index (χ2v) is 8.53. The van der Waals surface area contributed by atoms with Gasteiger partial charge < -0.3 is 4.74 Å². The molecule has 0 amide bonds. The SMILES string of the molecule is CN(c1ccc(C(=O)COC(=O)CSc2ccccc2)cc1)S(C)(=O)=O. The minimum Gasteiger partial charge on any atom is -0.457 e. The predicted molar refractivity (Wildman–Crippen MR) is 102 cm³/mol. The number of esters is 1. The molecule has 0 aliphatic rings. The number of carbonyl (C=O) groups is 2. The van der Waals surface area contributed by atoms with Crippen LogP contribution >= 0.6 is 11.8 Å². The summed E-state index contributed by atoms with van der Waals surface area (Å²) in [6.45, 7) is -0.352. The first-order valence-electron chi connectivity index (χ1n) is 7.68. The van der Waals surface area contributed by atoms with E-state index in [2.05, 4.69) is 0 Å². The Hall–Kier alpha value is -2.32. The molecule has 0 radical (unpaired) electrons. The first-order chi connectivity index (χ1) is 12.3. The fourth-order valence-electron chi connectivity index (χ4n) is 1.98. The summed E-state index contributed by atoms with van der Waals surface area (Å²) in [5.41, 5.74) is 0.791. The van der Waals surface area contributed by atoms with Gasteiger partial charge in [-0.25, -0.2) is 8.42 Å². The molecule has 0 spiro atoms. The zero-order chi connectivity index (χ0) is 19.2. The van der Waals surface area contributed by atoms with Gasteiger partial charge in [0.2, 0.25) is 10.0 Å². The van der Waals surface area contributed by atoms with E-state index >= 15 is 0 Å². The molecule has 0 saturated carbocycles. The van der Waals surface area contributed by atoms with Crippen LogP contribution in [-0.2, 0) is 19.6 Å². The van der Waals surface area contributed by atoms with Crippen LogP contribution in [0.4, 0.5) is 5.69 Å². The van der Waals surface area contributed by atoms with E-state index in [9.17, 15) is 18.0 Å². The van der Waals surface area contributed by atoms with Crippen molar-refractivity contribution in [2.24, 2.45) is 0 Å². The lowest BCUT2D eigenvalue weighted by Gasteiger charge is -2.16. The van der Waals surface area contributed by atoms with Crippen molar-refractivity contribution in [1.29, 1.82) is 0 Å². The van der Waals surface area contributed by atoms with Crippen LogP contribution in [0.25, 0.3) is 0 Å². The number of benzene rings is 2. The first kappa shape index (κ1) is 20.0. The lowest BCUT2D eigenvalue weighted by molar-refractivity contribution is -0.139. The normalized spacial score (nSPS) is 11.0. The molecule has 0 saturated heterocycles. The van der Waals surface area contributed by atoms with Crippen LogP contribution in [0.1, 0.15) is 10.4 Å². The topological polar surface area (TPSA) is 80.8 Å². The third kappa shape index (κ3) is 5.89. The van der Waals surface area contributed by atoms with Gasteiger partial charge in [-0.15, -0.1) is 11.8 Å². The van der Waals surface area contributed by atoms with Gasteiger partial charge in [0.05, 0.1) is 17.7 Å². The third-order valence-electron chi connectivity index (χ3n) is 3.51. The summed E-state index contributed by atoms with van der Waals surface area (Å²) in [7, 11) is -1.93. The Morgan fingerprint density at radius 1 is 1.04 bits per heavy atom. The lowest BCUT2D eigenvalue weighted by atomic mass is 10.1. The molecule has 138 valence electrons. The zero-order valence-corrected chi connectivity index (χ0v) is 16.0. The monoisotopic (exact) mass is 393 g/mol. The quantitative estimate of drug-likeness (QED) is 0.390. The minimum absolute atomic E-state index is 0.120. The fourth-order valence-corrected chi connectivity index (χ4v) is 3.20. The highest BCUT2D eigenvalue weighted by Gasteiger charge is 2.14. The summed E-state index contributed by atoms with van der Waals surface area (Å²) in [6.07, 6.45) is 1.10. The Morgan fingerprint density at radius 2 is 1.65 bits per heavy atom. The van der Waals surface area contributed by atoms with Crippen molar-refractivity contribution < 1.29 is 22.7 Å². The molecule has 0 aromatic heterocycles. The van der Waals surface area contributed by atoms with Crippen LogP contribution in [0.15, 0.2) is 59.5 Å². The van der Waals surface area contributed by atoms with Gasteiger partial charge in [-0.05, 0) is 36.4 Å². The van der Waals surface area contributed by atoms with Gasteiger partial charge in [-0.1, -0.05) is 18.2 Å². The summed E-state index contributed by atoms with van der Waals surface area (Å²) >= 11 is 1.34. The van der Waals surface area contributed by atoms with Crippen molar-refractivity contribution in [3.05, 3.63) is 60.2 Å². The Kier molecular flexibility index (Phi) is 6.82. The van der Waals surface area contributed by atoms with Gasteiger partial charge in [0.15, 0.2) is 12.4 Å². The minimum atomic E-state index is -3.36. The van der Waals surface area contributed by atoms with Crippen LogP contribution in [0.2, 0.25) is 0 Å². The van der Waals surface area contributed by atoms with Gasteiger partial charge >= 0.3 is 5.97 Å². The third-order valence-corrected chi connectivity index (χ3v) is 5.71. The second kappa shape index (κ2) is 8.86. The number of hydrogen-bond acceptors (Lipinski definition) is 6. The average Bonchev–Trinajstić information content (AvgIpc) is 2.64. The Balaban J connectivity index is 1.85. The van der Waals surface area contributed by atoms with Crippen molar-refractivity contribution in [3.63, 3.8) is 0 Å². The number of sulfonamides is 1. The molecule has 2 aromatic rings. The van der Waals surface area contributed by atoms with Crippen molar-refractivity contribution >= 4 is 39.2 Å². The molecule has 0 aliphatic heterocycles. The number of ether oxygens (including phenoxy) is 1. The van der Waals surface area contributed by atoms with Gasteiger partial charge in [0.25, 0.3) is 0 Å². The molecule has 0 aliphatic carbocycles. The van der Waals surface area contributed by atoms with Crippen LogP contribution in [0.3, 0.4) is 0 Å². The molecule has 6 nitrogen and oxygen atoms in total. The van der Waals surface area contributed by atoms with E-state index in [-0.39, 0.29) is 18.1 Å². The molecule has 0 N–H and O–H groups in total. The largest absolute Gasteiger partial charge is 0.457 e. The molecule has 26 heavy (non-hydrogen) atoms. The summed E-state index contributed by atoms with van der Waals surface area (Å²) in [6, 6.07) is 15.5. The number of thioether (sulfide) groups is 1. The standard InChI is InChI=1S/C18H19NO5S2/c1-19(26(2,22)23)15-10-8-14(9-11-15)17(20)12-24-18(21)13-25-16-6-4-3-5-7-16/h3-11H,12-13H2,1-2H3. The maximum Gasteiger partial charge on any atom is 0.316 e. The van der Waals surface area contributed by atoms with Crippen molar-refractivity contribution in [3.8, 4) is 0 Å². The van der Waals surface area contributed by atoms with Gasteiger partial charge in [0, 0.05) is 17.5 Å². The van der Waals surface area contributed by atoms with E-state index in [0.717, 1.165) is 15.5 Å².